The lowest BCUT2D eigenvalue weighted by molar-refractivity contribution is 0.587. The Morgan fingerprint density at radius 1 is 1.17 bits per heavy atom. The summed E-state index contributed by atoms with van der Waals surface area (Å²) in [6.45, 7) is 9.58. The van der Waals surface area contributed by atoms with Crippen LogP contribution in [0, 0.1) is 6.92 Å². The molecule has 0 aliphatic heterocycles. The Bertz CT molecular complexity index is 506. The Morgan fingerprint density at radius 3 is 2.44 bits per heavy atom. The van der Waals surface area contributed by atoms with E-state index >= 15 is 0 Å². The molecule has 2 aromatic rings. The van der Waals surface area contributed by atoms with Gasteiger partial charge in [0.15, 0.2) is 0 Å². The summed E-state index contributed by atoms with van der Waals surface area (Å²) in [5.41, 5.74) is 1.43. The summed E-state index contributed by atoms with van der Waals surface area (Å²) in [5.74, 6) is 0.939. The molecule has 2 aromatic heterocycles. The van der Waals surface area contributed by atoms with Crippen molar-refractivity contribution >= 4 is 17.2 Å². The lowest BCUT2D eigenvalue weighted by Crippen LogP contribution is -2.11. The SMILES string of the molecule is Cc1ccc(CNc2ccc(C(C)(C)C)cn2)s1. The minimum Gasteiger partial charge on any atom is -0.365 e. The number of hydrogen-bond acceptors (Lipinski definition) is 3. The minimum atomic E-state index is 0.163. The summed E-state index contributed by atoms with van der Waals surface area (Å²) >= 11 is 1.82. The zero-order valence-corrected chi connectivity index (χ0v) is 12.3. The van der Waals surface area contributed by atoms with Gasteiger partial charge in [0, 0.05) is 16.0 Å². The molecule has 0 spiro atoms. The average molecular weight is 260 g/mol. The number of aromatic nitrogens is 1. The molecule has 3 heteroatoms. The number of nitrogens with one attached hydrogen (secondary N) is 1. The van der Waals surface area contributed by atoms with E-state index in [0.717, 1.165) is 12.4 Å². The summed E-state index contributed by atoms with van der Waals surface area (Å²) in [7, 11) is 0. The van der Waals surface area contributed by atoms with Gasteiger partial charge in [0.1, 0.15) is 5.82 Å². The van der Waals surface area contributed by atoms with Gasteiger partial charge in [-0.3, -0.25) is 0 Å². The molecule has 18 heavy (non-hydrogen) atoms. The molecule has 0 aliphatic carbocycles. The average Bonchev–Trinajstić information content (AvgIpc) is 2.72. The molecule has 2 rings (SSSR count). The molecule has 0 fully saturated rings. The van der Waals surface area contributed by atoms with Crippen LogP contribution in [-0.4, -0.2) is 4.98 Å². The molecule has 0 bridgehead atoms. The standard InChI is InChI=1S/C15H20N2S/c1-11-5-7-13(18-11)10-17-14-8-6-12(9-16-14)15(2,3)4/h5-9H,10H2,1-4H3,(H,16,17). The van der Waals surface area contributed by atoms with E-state index in [1.807, 2.05) is 17.5 Å². The zero-order chi connectivity index (χ0) is 13.2. The van der Waals surface area contributed by atoms with Gasteiger partial charge >= 0.3 is 0 Å². The van der Waals surface area contributed by atoms with Gasteiger partial charge in [-0.2, -0.15) is 0 Å². The van der Waals surface area contributed by atoms with E-state index in [0.29, 0.717) is 0 Å². The molecular weight excluding hydrogens is 240 g/mol. The van der Waals surface area contributed by atoms with Crippen molar-refractivity contribution in [3.63, 3.8) is 0 Å². The van der Waals surface area contributed by atoms with Crippen LogP contribution >= 0.6 is 11.3 Å². The molecule has 0 saturated carbocycles. The molecular formula is C15H20N2S. The van der Waals surface area contributed by atoms with Crippen molar-refractivity contribution in [3.05, 3.63) is 45.8 Å². The molecule has 0 saturated heterocycles. The maximum atomic E-state index is 4.46. The fraction of sp³-hybridized carbons (Fsp3) is 0.400. The first-order chi connectivity index (χ1) is 8.45. The number of hydrogen-bond donors (Lipinski definition) is 1. The second kappa shape index (κ2) is 5.11. The highest BCUT2D eigenvalue weighted by molar-refractivity contribution is 7.11. The molecule has 2 heterocycles. The predicted octanol–water partition coefficient (Wildman–Crippen LogP) is 4.36. The highest BCUT2D eigenvalue weighted by Gasteiger charge is 2.13. The lowest BCUT2D eigenvalue weighted by Gasteiger charge is -2.18. The third-order valence-corrected chi connectivity index (χ3v) is 3.87. The third-order valence-electron chi connectivity index (χ3n) is 2.87. The van der Waals surface area contributed by atoms with Gasteiger partial charge in [0.25, 0.3) is 0 Å². The highest BCUT2D eigenvalue weighted by atomic mass is 32.1. The Balaban J connectivity index is 1.98. The van der Waals surface area contributed by atoms with Crippen molar-refractivity contribution in [2.75, 3.05) is 5.32 Å². The number of anilines is 1. The number of thiophene rings is 1. The third kappa shape index (κ3) is 3.33. The van der Waals surface area contributed by atoms with E-state index < -0.39 is 0 Å². The van der Waals surface area contributed by atoms with Crippen molar-refractivity contribution < 1.29 is 0 Å². The largest absolute Gasteiger partial charge is 0.365 e. The van der Waals surface area contributed by atoms with E-state index in [2.05, 4.69) is 62.3 Å². The molecule has 0 aliphatic rings. The number of nitrogens with zero attached hydrogens (tertiary/aromatic N) is 1. The van der Waals surface area contributed by atoms with E-state index in [9.17, 15) is 0 Å². The lowest BCUT2D eigenvalue weighted by atomic mass is 9.88. The van der Waals surface area contributed by atoms with Crippen molar-refractivity contribution in [1.29, 1.82) is 0 Å². The highest BCUT2D eigenvalue weighted by Crippen LogP contribution is 2.22. The van der Waals surface area contributed by atoms with Gasteiger partial charge in [-0.15, -0.1) is 11.3 Å². The van der Waals surface area contributed by atoms with Crippen LogP contribution in [0.3, 0.4) is 0 Å². The maximum Gasteiger partial charge on any atom is 0.126 e. The maximum absolute atomic E-state index is 4.46. The van der Waals surface area contributed by atoms with Gasteiger partial charge in [-0.05, 0) is 36.1 Å². The van der Waals surface area contributed by atoms with Crippen LogP contribution in [0.15, 0.2) is 30.5 Å². The molecule has 0 amide bonds. The first-order valence-electron chi connectivity index (χ1n) is 6.21. The van der Waals surface area contributed by atoms with Crippen LogP contribution in [0.4, 0.5) is 5.82 Å². The van der Waals surface area contributed by atoms with Crippen LogP contribution in [0.25, 0.3) is 0 Å². The fourth-order valence-corrected chi connectivity index (χ4v) is 2.53. The zero-order valence-electron chi connectivity index (χ0n) is 11.4. The Morgan fingerprint density at radius 2 is 1.94 bits per heavy atom. The monoisotopic (exact) mass is 260 g/mol. The van der Waals surface area contributed by atoms with Crippen molar-refractivity contribution in [3.8, 4) is 0 Å². The van der Waals surface area contributed by atoms with Crippen LogP contribution in [0.1, 0.15) is 36.1 Å². The van der Waals surface area contributed by atoms with Crippen LogP contribution in [-0.2, 0) is 12.0 Å². The smallest absolute Gasteiger partial charge is 0.126 e. The van der Waals surface area contributed by atoms with Crippen molar-refractivity contribution in [1.82, 2.24) is 4.98 Å². The summed E-state index contributed by atoms with van der Waals surface area (Å²) in [6.07, 6.45) is 1.96. The summed E-state index contributed by atoms with van der Waals surface area (Å²) in [6, 6.07) is 8.52. The van der Waals surface area contributed by atoms with Crippen LogP contribution in [0.2, 0.25) is 0 Å². The van der Waals surface area contributed by atoms with E-state index in [1.165, 1.54) is 15.3 Å². The Kier molecular flexibility index (Phi) is 3.71. The van der Waals surface area contributed by atoms with Crippen molar-refractivity contribution in [2.45, 2.75) is 39.7 Å². The predicted molar refractivity (Wildman–Crippen MR) is 79.3 cm³/mol. The van der Waals surface area contributed by atoms with Gasteiger partial charge in [0.05, 0.1) is 6.54 Å². The molecule has 0 radical (unpaired) electrons. The summed E-state index contributed by atoms with van der Waals surface area (Å²) < 4.78 is 0. The summed E-state index contributed by atoms with van der Waals surface area (Å²) in [4.78, 5) is 7.15. The second-order valence-electron chi connectivity index (χ2n) is 5.55. The minimum absolute atomic E-state index is 0.163. The Hall–Kier alpha value is -1.35. The Labute approximate surface area is 113 Å². The van der Waals surface area contributed by atoms with E-state index in [-0.39, 0.29) is 5.41 Å². The first kappa shape index (κ1) is 13.1. The molecule has 0 atom stereocenters. The molecule has 0 unspecified atom stereocenters. The van der Waals surface area contributed by atoms with E-state index in [4.69, 9.17) is 0 Å². The molecule has 96 valence electrons. The van der Waals surface area contributed by atoms with Gasteiger partial charge in [-0.1, -0.05) is 26.8 Å². The normalized spacial score (nSPS) is 11.6. The second-order valence-corrected chi connectivity index (χ2v) is 6.92. The topological polar surface area (TPSA) is 24.9 Å². The first-order valence-corrected chi connectivity index (χ1v) is 7.02. The molecule has 2 nitrogen and oxygen atoms in total. The quantitative estimate of drug-likeness (QED) is 0.887. The van der Waals surface area contributed by atoms with Gasteiger partial charge in [-0.25, -0.2) is 4.98 Å². The number of pyridine rings is 1. The van der Waals surface area contributed by atoms with Crippen molar-refractivity contribution in [2.24, 2.45) is 0 Å². The van der Waals surface area contributed by atoms with Gasteiger partial charge < -0.3 is 5.32 Å². The van der Waals surface area contributed by atoms with Crippen LogP contribution in [0.5, 0.6) is 0 Å². The fourth-order valence-electron chi connectivity index (χ4n) is 1.70. The number of aryl methyl sites for hydroxylation is 1. The molecule has 1 N–H and O–H groups in total. The number of rotatable bonds is 3. The van der Waals surface area contributed by atoms with E-state index in [1.54, 1.807) is 0 Å². The molecule has 0 aromatic carbocycles. The van der Waals surface area contributed by atoms with Gasteiger partial charge in [0.2, 0.25) is 0 Å². The summed E-state index contributed by atoms with van der Waals surface area (Å²) in [5, 5.41) is 3.35. The van der Waals surface area contributed by atoms with Crippen LogP contribution < -0.4 is 5.32 Å².